The Morgan fingerprint density at radius 3 is 2.95 bits per heavy atom. The molecule has 7 nitrogen and oxygen atoms in total. The number of methoxy groups -OCH3 is 1. The van der Waals surface area contributed by atoms with E-state index in [1.807, 2.05) is 19.1 Å². The standard InChI is InChI=1S/C13H21N5O2/c1-9-5-4-7-15-11(9)6-8-16-13(18-12(14)19)17-10(2)20-3/h4-5,7,10H,6,8H2,1-3H3,(H4,14,16,17,18,19). The van der Waals surface area contributed by atoms with Crippen LogP contribution in [0.25, 0.3) is 0 Å². The molecule has 1 atom stereocenters. The maximum Gasteiger partial charge on any atom is 0.318 e. The van der Waals surface area contributed by atoms with E-state index in [-0.39, 0.29) is 6.23 Å². The molecule has 0 saturated carbocycles. The first-order valence-electron chi connectivity index (χ1n) is 6.33. The number of primary amides is 1. The van der Waals surface area contributed by atoms with Gasteiger partial charge in [0, 0.05) is 32.0 Å². The first-order valence-corrected chi connectivity index (χ1v) is 6.33. The van der Waals surface area contributed by atoms with Crippen LogP contribution in [0.5, 0.6) is 0 Å². The van der Waals surface area contributed by atoms with Gasteiger partial charge in [0.25, 0.3) is 0 Å². The Morgan fingerprint density at radius 1 is 1.60 bits per heavy atom. The molecule has 1 unspecified atom stereocenters. The van der Waals surface area contributed by atoms with Crippen LogP contribution in [0.3, 0.4) is 0 Å². The highest BCUT2D eigenvalue weighted by Gasteiger charge is 2.06. The van der Waals surface area contributed by atoms with Gasteiger partial charge >= 0.3 is 6.03 Å². The van der Waals surface area contributed by atoms with Crippen LogP contribution in [0.1, 0.15) is 18.2 Å². The van der Waals surface area contributed by atoms with E-state index in [0.29, 0.717) is 18.9 Å². The summed E-state index contributed by atoms with van der Waals surface area (Å²) in [5.74, 6) is 0.292. The highest BCUT2D eigenvalue weighted by molar-refractivity contribution is 5.95. The average Bonchev–Trinajstić information content (AvgIpc) is 2.40. The first-order chi connectivity index (χ1) is 9.52. The van der Waals surface area contributed by atoms with Gasteiger partial charge in [-0.05, 0) is 25.5 Å². The van der Waals surface area contributed by atoms with Gasteiger partial charge in [-0.25, -0.2) is 4.79 Å². The fraction of sp³-hybridized carbons (Fsp3) is 0.462. The second kappa shape index (κ2) is 8.11. The van der Waals surface area contributed by atoms with Crippen LogP contribution in [0.15, 0.2) is 23.3 Å². The highest BCUT2D eigenvalue weighted by atomic mass is 16.5. The van der Waals surface area contributed by atoms with Gasteiger partial charge in [-0.2, -0.15) is 0 Å². The van der Waals surface area contributed by atoms with E-state index >= 15 is 0 Å². The molecule has 0 saturated heterocycles. The summed E-state index contributed by atoms with van der Waals surface area (Å²) in [7, 11) is 1.55. The minimum Gasteiger partial charge on any atom is -0.362 e. The molecule has 110 valence electrons. The lowest BCUT2D eigenvalue weighted by atomic mass is 10.2. The Hall–Kier alpha value is -2.15. The fourth-order valence-electron chi connectivity index (χ4n) is 1.54. The van der Waals surface area contributed by atoms with Gasteiger partial charge in [-0.3, -0.25) is 15.3 Å². The number of aromatic nitrogens is 1. The number of aliphatic imine (C=N–C) groups is 1. The fourth-order valence-corrected chi connectivity index (χ4v) is 1.54. The minimum absolute atomic E-state index is 0.280. The van der Waals surface area contributed by atoms with Crippen LogP contribution in [0.2, 0.25) is 0 Å². The van der Waals surface area contributed by atoms with Crippen molar-refractivity contribution >= 4 is 12.0 Å². The second-order valence-electron chi connectivity index (χ2n) is 4.26. The molecule has 7 heteroatoms. The van der Waals surface area contributed by atoms with Crippen LogP contribution in [0.4, 0.5) is 4.79 Å². The zero-order valence-corrected chi connectivity index (χ0v) is 12.0. The molecule has 1 rings (SSSR count). The average molecular weight is 279 g/mol. The van der Waals surface area contributed by atoms with E-state index in [1.165, 1.54) is 0 Å². The van der Waals surface area contributed by atoms with E-state index in [1.54, 1.807) is 20.2 Å². The number of hydrogen-bond acceptors (Lipinski definition) is 4. The maximum absolute atomic E-state index is 10.9. The van der Waals surface area contributed by atoms with Crippen molar-refractivity contribution in [2.75, 3.05) is 13.7 Å². The minimum atomic E-state index is -0.673. The Kier molecular flexibility index (Phi) is 6.45. The van der Waals surface area contributed by atoms with Crippen molar-refractivity contribution in [1.29, 1.82) is 0 Å². The summed E-state index contributed by atoms with van der Waals surface area (Å²) in [5, 5.41) is 5.32. The number of rotatable bonds is 5. The zero-order valence-electron chi connectivity index (χ0n) is 12.0. The van der Waals surface area contributed by atoms with Crippen molar-refractivity contribution in [3.05, 3.63) is 29.6 Å². The number of carbonyl (C=O) groups is 1. The van der Waals surface area contributed by atoms with Gasteiger partial charge in [0.1, 0.15) is 6.23 Å². The lowest BCUT2D eigenvalue weighted by Gasteiger charge is -2.15. The maximum atomic E-state index is 10.9. The van der Waals surface area contributed by atoms with Crippen molar-refractivity contribution < 1.29 is 9.53 Å². The smallest absolute Gasteiger partial charge is 0.318 e. The van der Waals surface area contributed by atoms with Crippen LogP contribution in [0, 0.1) is 6.92 Å². The van der Waals surface area contributed by atoms with E-state index in [9.17, 15) is 4.79 Å². The second-order valence-corrected chi connectivity index (χ2v) is 4.26. The number of aryl methyl sites for hydroxylation is 1. The molecule has 20 heavy (non-hydrogen) atoms. The van der Waals surface area contributed by atoms with Crippen LogP contribution in [-0.4, -0.2) is 36.9 Å². The zero-order chi connectivity index (χ0) is 15.0. The molecule has 0 aliphatic carbocycles. The van der Waals surface area contributed by atoms with Gasteiger partial charge in [0.05, 0.1) is 0 Å². The Labute approximate surface area is 118 Å². The summed E-state index contributed by atoms with van der Waals surface area (Å²) in [6.07, 6.45) is 2.15. The summed E-state index contributed by atoms with van der Waals surface area (Å²) in [4.78, 5) is 19.5. The lowest BCUT2D eigenvalue weighted by molar-refractivity contribution is 0.106. The molecule has 1 heterocycles. The molecule has 1 aromatic rings. The number of urea groups is 1. The number of nitrogens with two attached hydrogens (primary N) is 1. The Bertz CT molecular complexity index is 476. The third-order valence-corrected chi connectivity index (χ3v) is 2.67. The van der Waals surface area contributed by atoms with E-state index in [4.69, 9.17) is 10.5 Å². The Balaban J connectivity index is 2.62. The largest absolute Gasteiger partial charge is 0.362 e. The molecular weight excluding hydrogens is 258 g/mol. The number of hydrogen-bond donors (Lipinski definition) is 3. The number of pyridine rings is 1. The first kappa shape index (κ1) is 15.9. The number of amides is 2. The summed E-state index contributed by atoms with van der Waals surface area (Å²) in [5.41, 5.74) is 7.19. The molecule has 0 spiro atoms. The van der Waals surface area contributed by atoms with Crippen molar-refractivity contribution in [2.24, 2.45) is 10.7 Å². The van der Waals surface area contributed by atoms with Gasteiger partial charge in [-0.1, -0.05) is 6.07 Å². The highest BCUT2D eigenvalue weighted by Crippen LogP contribution is 2.03. The molecule has 0 aliphatic rings. The third kappa shape index (κ3) is 5.66. The SMILES string of the molecule is COC(C)NC(=NCCc1ncccc1C)NC(N)=O. The monoisotopic (exact) mass is 279 g/mol. The van der Waals surface area contributed by atoms with E-state index in [0.717, 1.165) is 11.3 Å². The quantitative estimate of drug-likeness (QED) is 0.416. The van der Waals surface area contributed by atoms with Gasteiger partial charge in [0.15, 0.2) is 0 Å². The summed E-state index contributed by atoms with van der Waals surface area (Å²) in [6.45, 7) is 4.28. The van der Waals surface area contributed by atoms with E-state index < -0.39 is 6.03 Å². The summed E-state index contributed by atoms with van der Waals surface area (Å²) < 4.78 is 5.05. The van der Waals surface area contributed by atoms with Crippen molar-refractivity contribution in [3.63, 3.8) is 0 Å². The molecule has 2 amide bonds. The molecular formula is C13H21N5O2. The number of guanidine groups is 1. The summed E-state index contributed by atoms with van der Waals surface area (Å²) >= 11 is 0. The number of nitrogens with zero attached hydrogens (tertiary/aromatic N) is 2. The molecule has 4 N–H and O–H groups in total. The van der Waals surface area contributed by atoms with Crippen molar-refractivity contribution in [1.82, 2.24) is 15.6 Å². The van der Waals surface area contributed by atoms with Crippen LogP contribution >= 0.6 is 0 Å². The topological polar surface area (TPSA) is 102 Å². The van der Waals surface area contributed by atoms with Gasteiger partial charge in [0.2, 0.25) is 5.96 Å². The molecule has 0 aliphatic heterocycles. The predicted molar refractivity (Wildman–Crippen MR) is 77.3 cm³/mol. The van der Waals surface area contributed by atoms with Gasteiger partial charge < -0.3 is 15.8 Å². The summed E-state index contributed by atoms with van der Waals surface area (Å²) in [6, 6.07) is 3.22. The van der Waals surface area contributed by atoms with Crippen molar-refractivity contribution in [3.8, 4) is 0 Å². The predicted octanol–water partition coefficient (Wildman–Crippen LogP) is 0.539. The number of ether oxygens (including phenoxy) is 1. The molecule has 0 aromatic carbocycles. The van der Waals surface area contributed by atoms with Crippen LogP contribution in [-0.2, 0) is 11.2 Å². The molecule has 0 radical (unpaired) electrons. The number of nitrogens with one attached hydrogen (secondary N) is 2. The number of carbonyl (C=O) groups excluding carboxylic acids is 1. The lowest BCUT2D eigenvalue weighted by Crippen LogP contribution is -2.47. The third-order valence-electron chi connectivity index (χ3n) is 2.67. The molecule has 0 fully saturated rings. The van der Waals surface area contributed by atoms with Gasteiger partial charge in [-0.15, -0.1) is 0 Å². The Morgan fingerprint density at radius 2 is 2.35 bits per heavy atom. The van der Waals surface area contributed by atoms with E-state index in [2.05, 4.69) is 20.6 Å². The van der Waals surface area contributed by atoms with Crippen molar-refractivity contribution in [2.45, 2.75) is 26.5 Å². The normalized spacial score (nSPS) is 12.8. The molecule has 0 bridgehead atoms. The molecule has 1 aromatic heterocycles. The van der Waals surface area contributed by atoms with Crippen LogP contribution < -0.4 is 16.4 Å².